The highest BCUT2D eigenvalue weighted by molar-refractivity contribution is 5.93. The molecule has 0 aliphatic carbocycles. The van der Waals surface area contributed by atoms with E-state index >= 15 is 0 Å². The first-order valence-corrected chi connectivity index (χ1v) is 12.9. The molecule has 1 saturated heterocycles. The molecular formula is C28H40N3O3+. The summed E-state index contributed by atoms with van der Waals surface area (Å²) in [5, 5.41) is 3.45. The van der Waals surface area contributed by atoms with Gasteiger partial charge >= 0.3 is 11.9 Å². The van der Waals surface area contributed by atoms with Gasteiger partial charge in [0.05, 0.1) is 24.8 Å². The number of hydrogen-bond acceptors (Lipinski definition) is 5. The fourth-order valence-electron chi connectivity index (χ4n) is 5.69. The van der Waals surface area contributed by atoms with Crippen molar-refractivity contribution in [3.8, 4) is 0 Å². The third-order valence-electron chi connectivity index (χ3n) is 7.40. The van der Waals surface area contributed by atoms with E-state index in [0.29, 0.717) is 18.7 Å². The Bertz CT molecular complexity index is 911. The Morgan fingerprint density at radius 1 is 1.26 bits per heavy atom. The molecule has 1 unspecified atom stereocenters. The van der Waals surface area contributed by atoms with Crippen LogP contribution in [-0.2, 0) is 20.9 Å². The number of allylic oxidation sites excluding steroid dienone is 1. The lowest BCUT2D eigenvalue weighted by Crippen LogP contribution is -3.22. The van der Waals surface area contributed by atoms with Gasteiger partial charge < -0.3 is 9.47 Å². The number of carbonyl (C=O) groups excluding carboxylic acids is 1. The van der Waals surface area contributed by atoms with Crippen LogP contribution in [0.2, 0.25) is 0 Å². The highest BCUT2D eigenvalue weighted by Gasteiger charge is 2.51. The van der Waals surface area contributed by atoms with E-state index in [-0.39, 0.29) is 24.7 Å². The van der Waals surface area contributed by atoms with Crippen molar-refractivity contribution in [2.75, 3.05) is 6.61 Å². The second kappa shape index (κ2) is 11.8. The molecule has 6 heteroatoms. The molecule has 5 atom stereocenters. The molecule has 4 rings (SSSR count). The minimum Gasteiger partial charge on any atom is -0.458 e. The number of guanidine groups is 1. The average molecular weight is 467 g/mol. The lowest BCUT2D eigenvalue weighted by Gasteiger charge is -2.37. The standard InChI is InChI=1S/C28H39N3O3/c1-4-17-33-27(32)26-21(3)29-28-30-23(18-24-15-16-25(26)31(24)28)14-10-5-7-11-20(2)34-19-22-12-8-6-9-13-22/h4,6,8-9,12-13,20,23-25H,1,5,7,10-11,14-19H2,2-3H3,(H,29,30)/p+1/t20-,23-,24+,25+/m1/s1. The number of rotatable bonds is 12. The molecule has 0 aromatic heterocycles. The van der Waals surface area contributed by atoms with Crippen molar-refractivity contribution in [1.29, 1.82) is 0 Å². The number of esters is 1. The average Bonchev–Trinajstić information content (AvgIpc) is 3.26. The molecule has 34 heavy (non-hydrogen) atoms. The first kappa shape index (κ1) is 24.7. The van der Waals surface area contributed by atoms with Crippen LogP contribution in [-0.4, -0.2) is 42.8 Å². The van der Waals surface area contributed by atoms with Crippen molar-refractivity contribution < 1.29 is 19.2 Å². The fraction of sp³-hybridized carbons (Fsp3) is 0.571. The van der Waals surface area contributed by atoms with Gasteiger partial charge in [-0.05, 0) is 32.3 Å². The monoisotopic (exact) mass is 466 g/mol. The Labute approximate surface area is 204 Å². The van der Waals surface area contributed by atoms with Crippen molar-refractivity contribution in [3.63, 3.8) is 0 Å². The highest BCUT2D eigenvalue weighted by atomic mass is 16.5. The molecule has 0 saturated carbocycles. The summed E-state index contributed by atoms with van der Waals surface area (Å²) in [4.78, 5) is 19.1. The van der Waals surface area contributed by atoms with Crippen molar-refractivity contribution in [3.05, 3.63) is 59.8 Å². The molecule has 1 fully saturated rings. The first-order chi connectivity index (χ1) is 16.6. The normalized spacial score (nSPS) is 26.4. The zero-order valence-corrected chi connectivity index (χ0v) is 20.7. The van der Waals surface area contributed by atoms with Crippen molar-refractivity contribution >= 4 is 11.9 Å². The number of nitrogens with zero attached hydrogens (tertiary/aromatic N) is 1. The van der Waals surface area contributed by atoms with E-state index in [4.69, 9.17) is 14.5 Å². The van der Waals surface area contributed by atoms with Gasteiger partial charge in [0.15, 0.2) is 0 Å². The quantitative estimate of drug-likeness (QED) is 0.280. The summed E-state index contributed by atoms with van der Waals surface area (Å²) < 4.78 is 11.4. The lowest BCUT2D eigenvalue weighted by atomic mass is 9.97. The second-order valence-electron chi connectivity index (χ2n) is 9.95. The van der Waals surface area contributed by atoms with Gasteiger partial charge in [-0.1, -0.05) is 62.2 Å². The zero-order chi connectivity index (χ0) is 23.9. The van der Waals surface area contributed by atoms with Crippen molar-refractivity contribution in [2.24, 2.45) is 4.99 Å². The van der Waals surface area contributed by atoms with Crippen LogP contribution < -0.4 is 10.2 Å². The van der Waals surface area contributed by atoms with Gasteiger partial charge in [0.1, 0.15) is 18.2 Å². The van der Waals surface area contributed by atoms with E-state index in [1.165, 1.54) is 29.7 Å². The molecule has 3 heterocycles. The van der Waals surface area contributed by atoms with Crippen LogP contribution in [0.15, 0.2) is 59.2 Å². The van der Waals surface area contributed by atoms with Gasteiger partial charge in [0, 0.05) is 25.0 Å². The summed E-state index contributed by atoms with van der Waals surface area (Å²) in [5.41, 5.74) is 2.92. The third kappa shape index (κ3) is 5.97. The van der Waals surface area contributed by atoms with E-state index < -0.39 is 0 Å². The molecule has 6 nitrogen and oxygen atoms in total. The molecule has 0 spiro atoms. The molecule has 1 aromatic carbocycles. The Kier molecular flexibility index (Phi) is 8.57. The van der Waals surface area contributed by atoms with Gasteiger partial charge in [-0.25, -0.2) is 9.79 Å². The maximum absolute atomic E-state index is 12.6. The number of ether oxygens (including phenoxy) is 2. The lowest BCUT2D eigenvalue weighted by molar-refractivity contribution is -0.846. The van der Waals surface area contributed by atoms with Crippen LogP contribution >= 0.6 is 0 Å². The smallest absolute Gasteiger partial charge is 0.342 e. The topological polar surface area (TPSA) is 64.4 Å². The van der Waals surface area contributed by atoms with Crippen LogP contribution in [0, 0.1) is 0 Å². The molecule has 184 valence electrons. The molecule has 3 aliphatic heterocycles. The largest absolute Gasteiger partial charge is 0.458 e. The van der Waals surface area contributed by atoms with Crippen molar-refractivity contribution in [1.82, 2.24) is 5.32 Å². The van der Waals surface area contributed by atoms with Crippen LogP contribution in [0.5, 0.6) is 0 Å². The maximum atomic E-state index is 12.6. The van der Waals surface area contributed by atoms with Crippen LogP contribution in [0.3, 0.4) is 0 Å². The van der Waals surface area contributed by atoms with E-state index in [0.717, 1.165) is 49.3 Å². The maximum Gasteiger partial charge on any atom is 0.342 e. The Morgan fingerprint density at radius 2 is 2.09 bits per heavy atom. The van der Waals surface area contributed by atoms with Crippen molar-refractivity contribution in [2.45, 2.75) is 96.1 Å². The van der Waals surface area contributed by atoms with Gasteiger partial charge in [0.2, 0.25) is 0 Å². The number of unbranched alkanes of at least 4 members (excludes halogenated alkanes) is 2. The molecule has 3 aliphatic rings. The number of quaternary nitrogens is 1. The zero-order valence-electron chi connectivity index (χ0n) is 20.7. The summed E-state index contributed by atoms with van der Waals surface area (Å²) in [6.07, 6.45) is 11.0. The molecular weight excluding hydrogens is 426 g/mol. The summed E-state index contributed by atoms with van der Waals surface area (Å²) in [6, 6.07) is 11.5. The van der Waals surface area contributed by atoms with E-state index in [9.17, 15) is 4.79 Å². The van der Waals surface area contributed by atoms with E-state index in [1.54, 1.807) is 6.08 Å². The molecule has 0 radical (unpaired) electrons. The molecule has 2 N–H and O–H groups in total. The van der Waals surface area contributed by atoms with E-state index in [2.05, 4.69) is 43.1 Å². The minimum absolute atomic E-state index is 0.167. The number of benzene rings is 1. The second-order valence-corrected chi connectivity index (χ2v) is 9.95. The predicted molar refractivity (Wildman–Crippen MR) is 134 cm³/mol. The fourth-order valence-corrected chi connectivity index (χ4v) is 5.69. The first-order valence-electron chi connectivity index (χ1n) is 12.9. The van der Waals surface area contributed by atoms with Crippen LogP contribution in [0.1, 0.15) is 70.8 Å². The van der Waals surface area contributed by atoms with Gasteiger partial charge in [-0.3, -0.25) is 10.2 Å². The summed E-state index contributed by atoms with van der Waals surface area (Å²) in [6.45, 7) is 8.74. The van der Waals surface area contributed by atoms with Gasteiger partial charge in [-0.15, -0.1) is 0 Å². The molecule has 0 bridgehead atoms. The Morgan fingerprint density at radius 3 is 2.88 bits per heavy atom. The van der Waals surface area contributed by atoms with Crippen LogP contribution in [0.4, 0.5) is 0 Å². The Hall–Kier alpha value is -2.44. The summed E-state index contributed by atoms with van der Waals surface area (Å²) >= 11 is 0. The molecule has 1 aromatic rings. The number of hydrogen-bond donors (Lipinski definition) is 2. The number of carbonyl (C=O) groups is 1. The van der Waals surface area contributed by atoms with E-state index in [1.807, 2.05) is 13.0 Å². The summed E-state index contributed by atoms with van der Waals surface area (Å²) in [5.74, 6) is 0.815. The highest BCUT2D eigenvalue weighted by Crippen LogP contribution is 2.27. The Balaban J connectivity index is 1.22. The van der Waals surface area contributed by atoms with Gasteiger partial charge in [0.25, 0.3) is 0 Å². The molecule has 0 amide bonds. The third-order valence-corrected chi connectivity index (χ3v) is 7.40. The predicted octanol–water partition coefficient (Wildman–Crippen LogP) is 3.69. The SMILES string of the molecule is C=CCOC(=O)C1=C(C)NC2=N[C@H](CCCCC[C@@H](C)OCc3ccccc3)C[C@@H]3CC[C@@H]1[NH+]23. The number of nitrogens with one attached hydrogen (secondary N) is 2. The van der Waals surface area contributed by atoms with Crippen LogP contribution in [0.25, 0.3) is 0 Å². The summed E-state index contributed by atoms with van der Waals surface area (Å²) in [7, 11) is 0. The number of aliphatic imine (C=N–C) groups is 1. The minimum atomic E-state index is -0.216. The van der Waals surface area contributed by atoms with Gasteiger partial charge in [-0.2, -0.15) is 0 Å².